The number of rotatable bonds is 5. The fourth-order valence-electron chi connectivity index (χ4n) is 3.40. The highest BCUT2D eigenvalue weighted by molar-refractivity contribution is 5.94. The van der Waals surface area contributed by atoms with Crippen LogP contribution in [0.5, 0.6) is 0 Å². The lowest BCUT2D eigenvalue weighted by Crippen LogP contribution is -2.38. The third-order valence-corrected chi connectivity index (χ3v) is 4.96. The number of nitrogens with zero attached hydrogens (tertiary/aromatic N) is 3. The Balaban J connectivity index is 1.31. The van der Waals surface area contributed by atoms with Crippen molar-refractivity contribution in [1.29, 1.82) is 0 Å². The summed E-state index contributed by atoms with van der Waals surface area (Å²) in [5.74, 6) is 0.698. The van der Waals surface area contributed by atoms with Crippen LogP contribution in [0.2, 0.25) is 0 Å². The van der Waals surface area contributed by atoms with E-state index in [0.29, 0.717) is 36.7 Å². The molecule has 1 fully saturated rings. The number of aromatic nitrogens is 3. The maximum absolute atomic E-state index is 12.5. The minimum atomic E-state index is -0.247. The number of carbonyl (C=O) groups excluding carboxylic acids is 2. The molecule has 1 aliphatic rings. The number of furan rings is 1. The van der Waals surface area contributed by atoms with Crippen molar-refractivity contribution in [3.8, 4) is 0 Å². The molecule has 28 heavy (non-hydrogen) atoms. The summed E-state index contributed by atoms with van der Waals surface area (Å²) in [4.78, 5) is 30.6. The Hall–Kier alpha value is -3.42. The standard InChI is InChI=1S/C20H21N5O3/c26-19(22-13-16-4-2-10-28-16)18-11-17(23-24-18)14-5-8-25(9-6-14)20(27)15-3-1-7-21-12-15/h1-4,7,10-12,14H,5-6,8-9,13H2,(H,22,26)(H,23,24). The Morgan fingerprint density at radius 1 is 1.25 bits per heavy atom. The van der Waals surface area contributed by atoms with Crippen molar-refractivity contribution in [3.63, 3.8) is 0 Å². The molecule has 0 unspecified atom stereocenters. The summed E-state index contributed by atoms with van der Waals surface area (Å²) in [6, 6.07) is 8.92. The van der Waals surface area contributed by atoms with Crippen LogP contribution in [0.15, 0.2) is 53.4 Å². The van der Waals surface area contributed by atoms with E-state index < -0.39 is 0 Å². The predicted molar refractivity (Wildman–Crippen MR) is 101 cm³/mol. The zero-order valence-corrected chi connectivity index (χ0v) is 15.3. The fraction of sp³-hybridized carbons (Fsp3) is 0.300. The molecule has 2 N–H and O–H groups in total. The van der Waals surface area contributed by atoms with Gasteiger partial charge < -0.3 is 14.6 Å². The van der Waals surface area contributed by atoms with Crippen LogP contribution in [0.3, 0.4) is 0 Å². The van der Waals surface area contributed by atoms with Gasteiger partial charge in [-0.25, -0.2) is 0 Å². The molecule has 0 spiro atoms. The Kier molecular flexibility index (Phi) is 5.18. The number of carbonyl (C=O) groups is 2. The molecule has 0 radical (unpaired) electrons. The first-order valence-electron chi connectivity index (χ1n) is 9.26. The molecule has 0 aromatic carbocycles. The third kappa shape index (κ3) is 3.95. The van der Waals surface area contributed by atoms with Crippen LogP contribution in [0.1, 0.15) is 51.1 Å². The van der Waals surface area contributed by atoms with Crippen molar-refractivity contribution in [1.82, 2.24) is 25.4 Å². The van der Waals surface area contributed by atoms with Crippen molar-refractivity contribution < 1.29 is 14.0 Å². The lowest BCUT2D eigenvalue weighted by molar-refractivity contribution is 0.0711. The number of likely N-dealkylation sites (tertiary alicyclic amines) is 1. The first-order chi connectivity index (χ1) is 13.7. The van der Waals surface area contributed by atoms with Gasteiger partial charge in [0.05, 0.1) is 18.4 Å². The van der Waals surface area contributed by atoms with Crippen molar-refractivity contribution >= 4 is 11.8 Å². The van der Waals surface area contributed by atoms with Gasteiger partial charge >= 0.3 is 0 Å². The summed E-state index contributed by atoms with van der Waals surface area (Å²) in [5, 5.41) is 9.90. The van der Waals surface area contributed by atoms with Gasteiger partial charge in [-0.15, -0.1) is 0 Å². The fourth-order valence-corrected chi connectivity index (χ4v) is 3.40. The summed E-state index contributed by atoms with van der Waals surface area (Å²) >= 11 is 0. The van der Waals surface area contributed by atoms with Crippen LogP contribution in [0.25, 0.3) is 0 Å². The third-order valence-electron chi connectivity index (χ3n) is 4.96. The Morgan fingerprint density at radius 2 is 2.11 bits per heavy atom. The largest absolute Gasteiger partial charge is 0.467 e. The minimum Gasteiger partial charge on any atom is -0.467 e. The second-order valence-corrected chi connectivity index (χ2v) is 6.78. The van der Waals surface area contributed by atoms with E-state index in [9.17, 15) is 9.59 Å². The Labute approximate surface area is 162 Å². The quantitative estimate of drug-likeness (QED) is 0.708. The van der Waals surface area contributed by atoms with Gasteiger partial charge in [-0.05, 0) is 43.2 Å². The zero-order chi connectivity index (χ0) is 19.3. The molecule has 0 saturated carbocycles. The highest BCUT2D eigenvalue weighted by Crippen LogP contribution is 2.27. The molecule has 2 amide bonds. The minimum absolute atomic E-state index is 0.00848. The molecule has 3 aromatic heterocycles. The number of hydrogen-bond donors (Lipinski definition) is 2. The van der Waals surface area contributed by atoms with Crippen LogP contribution in [0, 0.1) is 0 Å². The highest BCUT2D eigenvalue weighted by Gasteiger charge is 2.26. The summed E-state index contributed by atoms with van der Waals surface area (Å²) in [5.41, 5.74) is 1.89. The molecule has 1 aliphatic heterocycles. The maximum Gasteiger partial charge on any atom is 0.272 e. The van der Waals surface area contributed by atoms with Crippen LogP contribution in [-0.2, 0) is 6.54 Å². The summed E-state index contributed by atoms with van der Waals surface area (Å²) in [6.07, 6.45) is 6.46. The first-order valence-corrected chi connectivity index (χ1v) is 9.26. The van der Waals surface area contributed by atoms with Crippen LogP contribution in [0.4, 0.5) is 0 Å². The zero-order valence-electron chi connectivity index (χ0n) is 15.3. The van der Waals surface area contributed by atoms with Crippen molar-refractivity contribution in [2.24, 2.45) is 0 Å². The van der Waals surface area contributed by atoms with E-state index in [0.717, 1.165) is 18.5 Å². The molecular formula is C20H21N5O3. The van der Waals surface area contributed by atoms with Gasteiger partial charge in [0, 0.05) is 37.1 Å². The second-order valence-electron chi connectivity index (χ2n) is 6.78. The molecule has 4 rings (SSSR count). The molecule has 1 saturated heterocycles. The van der Waals surface area contributed by atoms with Gasteiger partial charge in [0.15, 0.2) is 0 Å². The molecule has 144 valence electrons. The number of nitrogens with one attached hydrogen (secondary N) is 2. The van der Waals surface area contributed by atoms with E-state index in [1.54, 1.807) is 49.0 Å². The molecule has 8 nitrogen and oxygen atoms in total. The topological polar surface area (TPSA) is 104 Å². The summed E-state index contributed by atoms with van der Waals surface area (Å²) in [7, 11) is 0. The number of hydrogen-bond acceptors (Lipinski definition) is 5. The van der Waals surface area contributed by atoms with Crippen molar-refractivity contribution in [3.05, 3.63) is 71.7 Å². The molecule has 4 heterocycles. The molecule has 0 aliphatic carbocycles. The number of amides is 2. The average molecular weight is 379 g/mol. The van der Waals surface area contributed by atoms with Gasteiger partial charge in [-0.3, -0.25) is 19.7 Å². The van der Waals surface area contributed by atoms with E-state index in [-0.39, 0.29) is 17.7 Å². The summed E-state index contributed by atoms with van der Waals surface area (Å²) in [6.45, 7) is 1.65. The lowest BCUT2D eigenvalue weighted by atomic mass is 9.93. The average Bonchev–Trinajstić information content (AvgIpc) is 3.44. The number of pyridine rings is 1. The van der Waals surface area contributed by atoms with E-state index in [1.165, 1.54) is 0 Å². The molecular weight excluding hydrogens is 358 g/mol. The Morgan fingerprint density at radius 3 is 2.82 bits per heavy atom. The van der Waals surface area contributed by atoms with Crippen LogP contribution < -0.4 is 5.32 Å². The number of H-pyrrole nitrogens is 1. The monoisotopic (exact) mass is 379 g/mol. The second kappa shape index (κ2) is 8.08. The lowest BCUT2D eigenvalue weighted by Gasteiger charge is -2.31. The molecule has 3 aromatic rings. The maximum atomic E-state index is 12.5. The molecule has 0 bridgehead atoms. The van der Waals surface area contributed by atoms with E-state index >= 15 is 0 Å². The SMILES string of the molecule is O=C(NCc1ccco1)c1cc(C2CCN(C(=O)c3cccnc3)CC2)[nH]n1. The van der Waals surface area contributed by atoms with Crippen LogP contribution >= 0.6 is 0 Å². The normalized spacial score (nSPS) is 14.8. The molecule has 8 heteroatoms. The van der Waals surface area contributed by atoms with E-state index in [2.05, 4.69) is 20.5 Å². The Bertz CT molecular complexity index is 928. The van der Waals surface area contributed by atoms with Gasteiger partial charge in [0.2, 0.25) is 0 Å². The van der Waals surface area contributed by atoms with Crippen molar-refractivity contribution in [2.75, 3.05) is 13.1 Å². The molecule has 0 atom stereocenters. The first kappa shape index (κ1) is 18.0. The summed E-state index contributed by atoms with van der Waals surface area (Å²) < 4.78 is 5.20. The number of aromatic amines is 1. The van der Waals surface area contributed by atoms with Gasteiger partial charge in [-0.2, -0.15) is 5.10 Å². The van der Waals surface area contributed by atoms with E-state index in [4.69, 9.17) is 4.42 Å². The van der Waals surface area contributed by atoms with Crippen molar-refractivity contribution in [2.45, 2.75) is 25.3 Å². The van der Waals surface area contributed by atoms with E-state index in [1.807, 2.05) is 4.90 Å². The number of piperidine rings is 1. The smallest absolute Gasteiger partial charge is 0.272 e. The van der Waals surface area contributed by atoms with Crippen LogP contribution in [-0.4, -0.2) is 45.0 Å². The van der Waals surface area contributed by atoms with Gasteiger partial charge in [-0.1, -0.05) is 0 Å². The van der Waals surface area contributed by atoms with Gasteiger partial charge in [0.1, 0.15) is 11.5 Å². The predicted octanol–water partition coefficient (Wildman–Crippen LogP) is 2.35. The van der Waals surface area contributed by atoms with Gasteiger partial charge in [0.25, 0.3) is 11.8 Å². The highest BCUT2D eigenvalue weighted by atomic mass is 16.3.